The van der Waals surface area contributed by atoms with Crippen LogP contribution in [0, 0.1) is 24.2 Å². The summed E-state index contributed by atoms with van der Waals surface area (Å²) < 4.78 is 0. The van der Waals surface area contributed by atoms with Gasteiger partial charge in [-0.2, -0.15) is 0 Å². The fraction of sp³-hybridized carbons (Fsp3) is 0.524. The van der Waals surface area contributed by atoms with E-state index in [1.165, 1.54) is 23.3 Å². The summed E-state index contributed by atoms with van der Waals surface area (Å²) >= 11 is 8.38. The van der Waals surface area contributed by atoms with Crippen LogP contribution >= 0.6 is 22.9 Å². The van der Waals surface area contributed by atoms with Gasteiger partial charge in [-0.3, -0.25) is 4.79 Å². The molecule has 1 aromatic carbocycles. The first-order valence-electron chi connectivity index (χ1n) is 9.46. The number of rotatable bonds is 3. The zero-order valence-corrected chi connectivity index (χ0v) is 16.5. The van der Waals surface area contributed by atoms with Crippen LogP contribution in [-0.2, 0) is 4.79 Å². The standard InChI is InChI=1S/C21H23ClN2OS/c1-13-2-4-16(5-3-13)17-11-26-19(23-17)24-18(25)20-7-14-6-15(8-20)10-21(22,9-14)12-20/h2-5,11,14-15H,6-10,12H2,1H3,(H,23,24,25). The summed E-state index contributed by atoms with van der Waals surface area (Å²) in [5.74, 6) is 1.39. The van der Waals surface area contributed by atoms with Crippen LogP contribution in [-0.4, -0.2) is 15.8 Å². The topological polar surface area (TPSA) is 42.0 Å². The fourth-order valence-electron chi connectivity index (χ4n) is 5.83. The van der Waals surface area contributed by atoms with Gasteiger partial charge in [0.2, 0.25) is 5.91 Å². The molecule has 4 bridgehead atoms. The molecule has 1 amide bonds. The van der Waals surface area contributed by atoms with Crippen molar-refractivity contribution in [2.24, 2.45) is 17.3 Å². The molecule has 2 aromatic rings. The molecule has 2 atom stereocenters. The second kappa shape index (κ2) is 5.80. The molecule has 26 heavy (non-hydrogen) atoms. The molecule has 0 spiro atoms. The van der Waals surface area contributed by atoms with Gasteiger partial charge in [0.15, 0.2) is 5.13 Å². The molecule has 6 rings (SSSR count). The third-order valence-corrected chi connectivity index (χ3v) is 7.74. The summed E-state index contributed by atoms with van der Waals surface area (Å²) in [7, 11) is 0. The number of benzene rings is 1. The third kappa shape index (κ3) is 2.78. The number of carbonyl (C=O) groups excluding carboxylic acids is 1. The number of nitrogens with zero attached hydrogens (tertiary/aromatic N) is 1. The predicted octanol–water partition coefficient (Wildman–Crippen LogP) is 5.63. The highest BCUT2D eigenvalue weighted by Gasteiger charge is 2.60. The number of nitrogens with one attached hydrogen (secondary N) is 1. The van der Waals surface area contributed by atoms with Gasteiger partial charge in [0.1, 0.15) is 0 Å². The van der Waals surface area contributed by atoms with Gasteiger partial charge in [-0.25, -0.2) is 4.98 Å². The van der Waals surface area contributed by atoms with Gasteiger partial charge in [0.25, 0.3) is 0 Å². The van der Waals surface area contributed by atoms with Crippen molar-refractivity contribution in [3.05, 3.63) is 35.2 Å². The summed E-state index contributed by atoms with van der Waals surface area (Å²) in [5, 5.41) is 5.84. The number of alkyl halides is 1. The smallest absolute Gasteiger partial charge is 0.232 e. The lowest BCUT2D eigenvalue weighted by Crippen LogP contribution is -2.57. The third-order valence-electron chi connectivity index (χ3n) is 6.54. The minimum atomic E-state index is -0.276. The lowest BCUT2D eigenvalue weighted by Gasteiger charge is -2.59. The second-order valence-corrected chi connectivity index (χ2v) is 10.4. The van der Waals surface area contributed by atoms with Gasteiger partial charge in [0.05, 0.1) is 11.1 Å². The highest BCUT2D eigenvalue weighted by molar-refractivity contribution is 7.14. The molecule has 2 unspecified atom stereocenters. The summed E-state index contributed by atoms with van der Waals surface area (Å²) in [4.78, 5) is 17.7. The first-order valence-corrected chi connectivity index (χ1v) is 10.7. The van der Waals surface area contributed by atoms with Crippen LogP contribution in [0.1, 0.15) is 44.1 Å². The number of amides is 1. The van der Waals surface area contributed by atoms with Crippen LogP contribution in [0.25, 0.3) is 11.3 Å². The van der Waals surface area contributed by atoms with E-state index in [2.05, 4.69) is 41.5 Å². The van der Waals surface area contributed by atoms with Gasteiger partial charge in [-0.15, -0.1) is 22.9 Å². The van der Waals surface area contributed by atoms with E-state index in [0.717, 1.165) is 43.4 Å². The Morgan fingerprint density at radius 3 is 2.54 bits per heavy atom. The molecule has 136 valence electrons. The maximum atomic E-state index is 13.2. The number of hydrogen-bond donors (Lipinski definition) is 1. The van der Waals surface area contributed by atoms with Gasteiger partial charge < -0.3 is 5.32 Å². The number of halogens is 1. The van der Waals surface area contributed by atoms with Crippen LogP contribution in [0.3, 0.4) is 0 Å². The van der Waals surface area contributed by atoms with E-state index < -0.39 is 0 Å². The second-order valence-electron chi connectivity index (χ2n) is 8.75. The first-order chi connectivity index (χ1) is 12.4. The molecule has 4 fully saturated rings. The molecule has 1 N–H and O–H groups in total. The van der Waals surface area contributed by atoms with Gasteiger partial charge >= 0.3 is 0 Å². The molecule has 1 heterocycles. The van der Waals surface area contributed by atoms with Crippen LogP contribution in [0.2, 0.25) is 0 Å². The summed E-state index contributed by atoms with van der Waals surface area (Å²) in [6.07, 6.45) is 6.28. The van der Waals surface area contributed by atoms with Crippen molar-refractivity contribution in [3.8, 4) is 11.3 Å². The van der Waals surface area contributed by atoms with Crippen molar-refractivity contribution in [2.45, 2.75) is 50.3 Å². The SMILES string of the molecule is Cc1ccc(-c2csc(NC(=O)C34CC5CC(CC(Cl)(C5)C3)C4)n2)cc1. The van der Waals surface area contributed by atoms with Crippen molar-refractivity contribution in [1.29, 1.82) is 0 Å². The van der Waals surface area contributed by atoms with E-state index in [4.69, 9.17) is 11.6 Å². The number of hydrogen-bond acceptors (Lipinski definition) is 3. The lowest BCUT2D eigenvalue weighted by atomic mass is 9.49. The monoisotopic (exact) mass is 386 g/mol. The molecule has 4 saturated carbocycles. The number of aromatic nitrogens is 1. The molecule has 3 nitrogen and oxygen atoms in total. The van der Waals surface area contributed by atoms with Crippen molar-refractivity contribution < 1.29 is 4.79 Å². The van der Waals surface area contributed by atoms with E-state index in [1.54, 1.807) is 0 Å². The number of thiazole rings is 1. The molecule has 4 aliphatic carbocycles. The van der Waals surface area contributed by atoms with Gasteiger partial charge in [-0.1, -0.05) is 29.8 Å². The van der Waals surface area contributed by atoms with Gasteiger partial charge in [-0.05, 0) is 57.3 Å². The Morgan fingerprint density at radius 2 is 1.88 bits per heavy atom. The van der Waals surface area contributed by atoms with Crippen molar-refractivity contribution >= 4 is 34.0 Å². The Balaban J connectivity index is 1.36. The molecule has 4 aliphatic rings. The van der Waals surface area contributed by atoms with E-state index in [1.807, 2.05) is 5.38 Å². The highest BCUT2D eigenvalue weighted by Crippen LogP contribution is 2.64. The average Bonchev–Trinajstić information content (AvgIpc) is 3.01. The Morgan fingerprint density at radius 1 is 1.19 bits per heavy atom. The molecule has 5 heteroatoms. The van der Waals surface area contributed by atoms with E-state index in [0.29, 0.717) is 17.0 Å². The van der Waals surface area contributed by atoms with Crippen molar-refractivity contribution in [2.75, 3.05) is 5.32 Å². The largest absolute Gasteiger partial charge is 0.301 e. The lowest BCUT2D eigenvalue weighted by molar-refractivity contribution is -0.138. The Bertz CT molecular complexity index is 845. The Kier molecular flexibility index (Phi) is 3.74. The zero-order valence-electron chi connectivity index (χ0n) is 14.9. The average molecular weight is 387 g/mol. The number of carbonyl (C=O) groups is 1. The highest BCUT2D eigenvalue weighted by atomic mass is 35.5. The van der Waals surface area contributed by atoms with E-state index >= 15 is 0 Å². The van der Waals surface area contributed by atoms with E-state index in [9.17, 15) is 4.79 Å². The van der Waals surface area contributed by atoms with Crippen molar-refractivity contribution in [3.63, 3.8) is 0 Å². The quantitative estimate of drug-likeness (QED) is 0.694. The molecule has 1 aromatic heterocycles. The van der Waals surface area contributed by atoms with Crippen LogP contribution in [0.4, 0.5) is 5.13 Å². The number of aryl methyl sites for hydroxylation is 1. The molecule has 0 radical (unpaired) electrons. The Hall–Kier alpha value is -1.39. The maximum absolute atomic E-state index is 13.2. The zero-order chi connectivity index (χ0) is 17.9. The summed E-state index contributed by atoms with van der Waals surface area (Å²) in [6.45, 7) is 2.07. The van der Waals surface area contributed by atoms with Crippen molar-refractivity contribution in [1.82, 2.24) is 4.98 Å². The number of anilines is 1. The normalized spacial score (nSPS) is 34.8. The molecule has 0 saturated heterocycles. The minimum absolute atomic E-state index is 0.140. The Labute approximate surface area is 163 Å². The predicted molar refractivity (Wildman–Crippen MR) is 107 cm³/mol. The molecule has 0 aliphatic heterocycles. The van der Waals surface area contributed by atoms with Crippen LogP contribution in [0.5, 0.6) is 0 Å². The van der Waals surface area contributed by atoms with Crippen LogP contribution < -0.4 is 5.32 Å². The fourth-order valence-corrected chi connectivity index (χ4v) is 7.24. The summed E-state index contributed by atoms with van der Waals surface area (Å²) in [5.41, 5.74) is 2.96. The molecular formula is C21H23ClN2OS. The molecular weight excluding hydrogens is 364 g/mol. The summed E-state index contributed by atoms with van der Waals surface area (Å²) in [6, 6.07) is 8.32. The minimum Gasteiger partial charge on any atom is -0.301 e. The maximum Gasteiger partial charge on any atom is 0.232 e. The van der Waals surface area contributed by atoms with Crippen LogP contribution in [0.15, 0.2) is 29.6 Å². The van der Waals surface area contributed by atoms with Gasteiger partial charge in [0, 0.05) is 15.8 Å². The van der Waals surface area contributed by atoms with E-state index in [-0.39, 0.29) is 16.2 Å². The first kappa shape index (κ1) is 16.8.